The highest BCUT2D eigenvalue weighted by molar-refractivity contribution is 5.82. The summed E-state index contributed by atoms with van der Waals surface area (Å²) >= 11 is 0. The van der Waals surface area contributed by atoms with Crippen molar-refractivity contribution in [2.24, 2.45) is 17.8 Å². The Morgan fingerprint density at radius 3 is 2.37 bits per heavy atom. The number of rotatable bonds is 8. The minimum absolute atomic E-state index is 0.00539. The van der Waals surface area contributed by atoms with Gasteiger partial charge in [0.25, 0.3) is 0 Å². The Morgan fingerprint density at radius 2 is 1.69 bits per heavy atom. The van der Waals surface area contributed by atoms with E-state index in [-0.39, 0.29) is 48.6 Å². The van der Waals surface area contributed by atoms with Crippen LogP contribution in [0.4, 0.5) is 4.79 Å². The SMILES string of the molecule is O=C(O)CC1COCCC1NC(=O)[C@@H]1C[C@@H]1CNC(=O)OCC1c2ccccc2-c2ccccc21. The lowest BCUT2D eigenvalue weighted by atomic mass is 9.92. The van der Waals surface area contributed by atoms with Gasteiger partial charge in [0.15, 0.2) is 0 Å². The van der Waals surface area contributed by atoms with Gasteiger partial charge in [-0.3, -0.25) is 9.59 Å². The van der Waals surface area contributed by atoms with Crippen LogP contribution in [0.25, 0.3) is 11.1 Å². The van der Waals surface area contributed by atoms with E-state index in [1.165, 1.54) is 11.1 Å². The summed E-state index contributed by atoms with van der Waals surface area (Å²) in [6, 6.07) is 16.2. The highest BCUT2D eigenvalue weighted by atomic mass is 16.5. The van der Waals surface area contributed by atoms with Crippen molar-refractivity contribution in [1.29, 1.82) is 0 Å². The third-order valence-electron chi connectivity index (χ3n) is 7.35. The van der Waals surface area contributed by atoms with E-state index >= 15 is 0 Å². The number of carbonyl (C=O) groups is 3. The molecule has 1 saturated heterocycles. The van der Waals surface area contributed by atoms with Crippen LogP contribution in [0.2, 0.25) is 0 Å². The van der Waals surface area contributed by atoms with Crippen LogP contribution in [0.5, 0.6) is 0 Å². The molecule has 1 heterocycles. The second-order valence-electron chi connectivity index (χ2n) is 9.65. The van der Waals surface area contributed by atoms with E-state index in [1.807, 2.05) is 24.3 Å². The molecule has 3 aliphatic rings. The third kappa shape index (κ3) is 5.17. The quantitative estimate of drug-likeness (QED) is 0.537. The summed E-state index contributed by atoms with van der Waals surface area (Å²) in [5.41, 5.74) is 4.68. The van der Waals surface area contributed by atoms with E-state index in [4.69, 9.17) is 14.6 Å². The van der Waals surface area contributed by atoms with Gasteiger partial charge in [-0.05, 0) is 41.0 Å². The molecule has 0 aromatic heterocycles. The van der Waals surface area contributed by atoms with Crippen molar-refractivity contribution in [1.82, 2.24) is 10.6 Å². The van der Waals surface area contributed by atoms with Gasteiger partial charge in [0, 0.05) is 36.9 Å². The van der Waals surface area contributed by atoms with Gasteiger partial charge in [-0.2, -0.15) is 0 Å². The van der Waals surface area contributed by atoms with Gasteiger partial charge in [-0.1, -0.05) is 48.5 Å². The molecule has 0 radical (unpaired) electrons. The molecule has 1 saturated carbocycles. The number of nitrogens with one attached hydrogen (secondary N) is 2. The molecule has 1 aliphatic heterocycles. The summed E-state index contributed by atoms with van der Waals surface area (Å²) in [6.07, 6.45) is 0.799. The maximum atomic E-state index is 12.7. The molecule has 5 rings (SSSR count). The molecule has 3 N–H and O–H groups in total. The van der Waals surface area contributed by atoms with Gasteiger partial charge >= 0.3 is 12.1 Å². The van der Waals surface area contributed by atoms with E-state index in [9.17, 15) is 14.4 Å². The van der Waals surface area contributed by atoms with Gasteiger partial charge in [-0.25, -0.2) is 4.79 Å². The van der Waals surface area contributed by atoms with Crippen molar-refractivity contribution < 1.29 is 29.0 Å². The number of aliphatic carboxylic acids is 1. The Balaban J connectivity index is 1.08. The van der Waals surface area contributed by atoms with Gasteiger partial charge in [-0.15, -0.1) is 0 Å². The summed E-state index contributed by atoms with van der Waals surface area (Å²) < 4.78 is 10.9. The van der Waals surface area contributed by atoms with Gasteiger partial charge in [0.05, 0.1) is 13.0 Å². The Kier molecular flexibility index (Phi) is 6.72. The number of carboxylic acid groups (broad SMARTS) is 1. The second kappa shape index (κ2) is 10.1. The number of alkyl carbamates (subject to hydrolysis) is 1. The zero-order valence-corrected chi connectivity index (χ0v) is 19.4. The molecule has 2 aromatic carbocycles. The van der Waals surface area contributed by atoms with E-state index in [2.05, 4.69) is 34.9 Å². The predicted octanol–water partition coefficient (Wildman–Crippen LogP) is 3.16. The normalized spacial score (nSPS) is 24.7. The fourth-order valence-corrected chi connectivity index (χ4v) is 5.36. The highest BCUT2D eigenvalue weighted by Crippen LogP contribution is 2.44. The zero-order valence-electron chi connectivity index (χ0n) is 19.4. The van der Waals surface area contributed by atoms with E-state index in [0.29, 0.717) is 32.6 Å². The van der Waals surface area contributed by atoms with Crippen molar-refractivity contribution in [2.75, 3.05) is 26.4 Å². The molecule has 0 bridgehead atoms. The van der Waals surface area contributed by atoms with Crippen molar-refractivity contribution in [3.8, 4) is 11.1 Å². The molecule has 2 unspecified atom stereocenters. The molecule has 2 amide bonds. The molecular weight excluding hydrogens is 448 g/mol. The lowest BCUT2D eigenvalue weighted by Gasteiger charge is -2.31. The van der Waals surface area contributed by atoms with E-state index in [1.54, 1.807) is 0 Å². The molecule has 35 heavy (non-hydrogen) atoms. The number of benzene rings is 2. The topological polar surface area (TPSA) is 114 Å². The number of fused-ring (bicyclic) bond motifs is 3. The average Bonchev–Trinajstić information content (AvgIpc) is 3.57. The molecule has 2 aliphatic carbocycles. The van der Waals surface area contributed by atoms with Gasteiger partial charge in [0.2, 0.25) is 5.91 Å². The maximum absolute atomic E-state index is 12.7. The number of hydrogen-bond donors (Lipinski definition) is 3. The Hall–Kier alpha value is -3.39. The first-order valence-electron chi connectivity index (χ1n) is 12.2. The molecule has 2 fully saturated rings. The molecule has 2 aromatic rings. The fraction of sp³-hybridized carbons (Fsp3) is 0.444. The molecule has 4 atom stereocenters. The molecule has 8 heteroatoms. The van der Waals surface area contributed by atoms with Crippen LogP contribution in [0.1, 0.15) is 36.3 Å². The molecular formula is C27H30N2O6. The molecule has 184 valence electrons. The predicted molar refractivity (Wildman–Crippen MR) is 128 cm³/mol. The second-order valence-corrected chi connectivity index (χ2v) is 9.65. The number of hydrogen-bond acceptors (Lipinski definition) is 5. The van der Waals surface area contributed by atoms with Crippen LogP contribution >= 0.6 is 0 Å². The smallest absolute Gasteiger partial charge is 0.407 e. The average molecular weight is 479 g/mol. The number of amides is 2. The van der Waals surface area contributed by atoms with Gasteiger partial charge in [0.1, 0.15) is 6.61 Å². The van der Waals surface area contributed by atoms with Crippen LogP contribution < -0.4 is 10.6 Å². The molecule has 0 spiro atoms. The Bertz CT molecular complexity index is 1070. The van der Waals surface area contributed by atoms with E-state index in [0.717, 1.165) is 11.1 Å². The van der Waals surface area contributed by atoms with Crippen LogP contribution in [0, 0.1) is 17.8 Å². The number of carboxylic acids is 1. The standard InChI is InChI=1S/C27H30N2O6/c30-25(31)12-17-14-34-10-9-24(17)29-26(32)22-11-16(22)13-28-27(33)35-15-23-20-7-3-1-5-18(20)19-6-2-4-8-21(19)23/h1-8,16-17,22-24H,9-15H2,(H,28,33)(H,29,32)(H,30,31)/t16-,17?,22-,24?/m1/s1. The summed E-state index contributed by atoms with van der Waals surface area (Å²) in [6.45, 7) is 1.48. The third-order valence-corrected chi connectivity index (χ3v) is 7.35. The van der Waals surface area contributed by atoms with E-state index < -0.39 is 12.1 Å². The first kappa shape index (κ1) is 23.4. The van der Waals surface area contributed by atoms with Crippen LogP contribution in [-0.2, 0) is 19.1 Å². The highest BCUT2D eigenvalue weighted by Gasteiger charge is 2.44. The Morgan fingerprint density at radius 1 is 1.00 bits per heavy atom. The fourth-order valence-electron chi connectivity index (χ4n) is 5.36. The van der Waals surface area contributed by atoms with Crippen molar-refractivity contribution in [2.45, 2.75) is 31.2 Å². The van der Waals surface area contributed by atoms with Gasteiger partial charge < -0.3 is 25.2 Å². The molecule has 8 nitrogen and oxygen atoms in total. The largest absolute Gasteiger partial charge is 0.481 e. The first-order chi connectivity index (χ1) is 17.0. The van der Waals surface area contributed by atoms with Crippen LogP contribution in [0.15, 0.2) is 48.5 Å². The van der Waals surface area contributed by atoms with Crippen LogP contribution in [0.3, 0.4) is 0 Å². The van der Waals surface area contributed by atoms with Crippen molar-refractivity contribution in [3.63, 3.8) is 0 Å². The summed E-state index contributed by atoms with van der Waals surface area (Å²) in [4.78, 5) is 36.1. The van der Waals surface area contributed by atoms with Crippen molar-refractivity contribution >= 4 is 18.0 Å². The maximum Gasteiger partial charge on any atom is 0.407 e. The van der Waals surface area contributed by atoms with Crippen molar-refractivity contribution in [3.05, 3.63) is 59.7 Å². The number of carbonyl (C=O) groups excluding carboxylic acids is 2. The summed E-state index contributed by atoms with van der Waals surface area (Å²) in [5, 5.41) is 14.9. The Labute approximate surface area is 204 Å². The zero-order chi connectivity index (χ0) is 24.4. The monoisotopic (exact) mass is 478 g/mol. The minimum atomic E-state index is -0.892. The summed E-state index contributed by atoms with van der Waals surface area (Å²) in [7, 11) is 0. The lowest BCUT2D eigenvalue weighted by molar-refractivity contribution is -0.140. The number of ether oxygens (including phenoxy) is 2. The lowest BCUT2D eigenvalue weighted by Crippen LogP contribution is -2.47. The minimum Gasteiger partial charge on any atom is -0.481 e. The summed E-state index contributed by atoms with van der Waals surface area (Å²) in [5.74, 6) is -1.29. The van der Waals surface area contributed by atoms with Crippen LogP contribution in [-0.4, -0.2) is 55.5 Å². The first-order valence-corrected chi connectivity index (χ1v) is 12.2.